The lowest BCUT2D eigenvalue weighted by molar-refractivity contribution is 0.389. The molecule has 0 heterocycles. The molecular formula is C11H15NO2. The van der Waals surface area contributed by atoms with Gasteiger partial charge in [0.1, 0.15) is 11.5 Å². The van der Waals surface area contributed by atoms with Crippen LogP contribution in [0, 0.1) is 0 Å². The van der Waals surface area contributed by atoms with E-state index in [-0.39, 0.29) is 6.04 Å². The molecule has 0 saturated heterocycles. The predicted molar refractivity (Wildman–Crippen MR) is 54.8 cm³/mol. The summed E-state index contributed by atoms with van der Waals surface area (Å²) in [7, 11) is 3.33. The molecule has 14 heavy (non-hydrogen) atoms. The van der Waals surface area contributed by atoms with Crippen LogP contribution in [0.15, 0.2) is 12.1 Å². The molecule has 3 nitrogen and oxygen atoms in total. The summed E-state index contributed by atoms with van der Waals surface area (Å²) in [6.45, 7) is 0. The van der Waals surface area contributed by atoms with Crippen LogP contribution in [0.1, 0.15) is 23.6 Å². The van der Waals surface area contributed by atoms with Gasteiger partial charge in [-0.25, -0.2) is 0 Å². The smallest absolute Gasteiger partial charge is 0.127 e. The maximum atomic E-state index is 5.99. The van der Waals surface area contributed by atoms with Crippen LogP contribution in [-0.4, -0.2) is 14.2 Å². The van der Waals surface area contributed by atoms with Crippen LogP contribution in [0.2, 0.25) is 0 Å². The topological polar surface area (TPSA) is 44.5 Å². The molecule has 3 heteroatoms. The van der Waals surface area contributed by atoms with Gasteiger partial charge in [0.15, 0.2) is 0 Å². The molecular weight excluding hydrogens is 178 g/mol. The number of benzene rings is 1. The highest BCUT2D eigenvalue weighted by atomic mass is 16.5. The molecule has 1 aromatic carbocycles. The largest absolute Gasteiger partial charge is 0.497 e. The summed E-state index contributed by atoms with van der Waals surface area (Å²) < 4.78 is 10.5. The highest BCUT2D eigenvalue weighted by molar-refractivity contribution is 5.50. The summed E-state index contributed by atoms with van der Waals surface area (Å²) in [6.07, 6.45) is 2.02. The fourth-order valence-corrected chi connectivity index (χ4v) is 2.03. The van der Waals surface area contributed by atoms with E-state index in [9.17, 15) is 0 Å². The zero-order chi connectivity index (χ0) is 10.1. The summed E-state index contributed by atoms with van der Waals surface area (Å²) >= 11 is 0. The SMILES string of the molecule is COc1cc2c(c(OC)c1)C(N)CC2. The molecule has 1 aromatic rings. The van der Waals surface area contributed by atoms with Gasteiger partial charge in [-0.05, 0) is 24.5 Å². The van der Waals surface area contributed by atoms with E-state index in [0.717, 1.165) is 29.9 Å². The highest BCUT2D eigenvalue weighted by Crippen LogP contribution is 2.39. The van der Waals surface area contributed by atoms with Gasteiger partial charge in [0.05, 0.1) is 14.2 Å². The van der Waals surface area contributed by atoms with Gasteiger partial charge in [0.2, 0.25) is 0 Å². The van der Waals surface area contributed by atoms with Crippen molar-refractivity contribution < 1.29 is 9.47 Å². The second kappa shape index (κ2) is 3.50. The zero-order valence-electron chi connectivity index (χ0n) is 8.54. The van der Waals surface area contributed by atoms with Crippen molar-refractivity contribution in [2.24, 2.45) is 5.73 Å². The lowest BCUT2D eigenvalue weighted by Gasteiger charge is -2.12. The Morgan fingerprint density at radius 2 is 2.07 bits per heavy atom. The van der Waals surface area contributed by atoms with Crippen molar-refractivity contribution >= 4 is 0 Å². The van der Waals surface area contributed by atoms with Crippen molar-refractivity contribution in [2.75, 3.05) is 14.2 Å². The number of ether oxygens (including phenoxy) is 2. The number of fused-ring (bicyclic) bond motifs is 1. The first kappa shape index (κ1) is 9.34. The van der Waals surface area contributed by atoms with Crippen molar-refractivity contribution in [3.05, 3.63) is 23.3 Å². The number of methoxy groups -OCH3 is 2. The Hall–Kier alpha value is -1.22. The Morgan fingerprint density at radius 1 is 1.29 bits per heavy atom. The second-order valence-electron chi connectivity index (χ2n) is 3.55. The Morgan fingerprint density at radius 3 is 2.71 bits per heavy atom. The average Bonchev–Trinajstić information content (AvgIpc) is 2.59. The lowest BCUT2D eigenvalue weighted by atomic mass is 10.1. The van der Waals surface area contributed by atoms with E-state index in [1.165, 1.54) is 5.56 Å². The maximum Gasteiger partial charge on any atom is 0.127 e. The van der Waals surface area contributed by atoms with Crippen molar-refractivity contribution in [1.29, 1.82) is 0 Å². The van der Waals surface area contributed by atoms with Crippen LogP contribution in [0.25, 0.3) is 0 Å². The minimum absolute atomic E-state index is 0.117. The summed E-state index contributed by atoms with van der Waals surface area (Å²) in [5, 5.41) is 0. The van der Waals surface area contributed by atoms with Gasteiger partial charge in [0.25, 0.3) is 0 Å². The quantitative estimate of drug-likeness (QED) is 0.776. The standard InChI is InChI=1S/C11H15NO2/c1-13-8-5-7-3-4-9(12)11(7)10(6-8)14-2/h5-6,9H,3-4,12H2,1-2H3. The van der Waals surface area contributed by atoms with E-state index in [0.29, 0.717) is 0 Å². The molecule has 0 aromatic heterocycles. The first-order valence-electron chi connectivity index (χ1n) is 4.76. The number of hydrogen-bond acceptors (Lipinski definition) is 3. The van der Waals surface area contributed by atoms with Gasteiger partial charge in [-0.3, -0.25) is 0 Å². The van der Waals surface area contributed by atoms with Crippen LogP contribution in [-0.2, 0) is 6.42 Å². The molecule has 0 radical (unpaired) electrons. The molecule has 0 spiro atoms. The molecule has 2 N–H and O–H groups in total. The van der Waals surface area contributed by atoms with E-state index in [1.54, 1.807) is 14.2 Å². The van der Waals surface area contributed by atoms with Crippen LogP contribution < -0.4 is 15.2 Å². The van der Waals surface area contributed by atoms with Gasteiger partial charge < -0.3 is 15.2 Å². The average molecular weight is 193 g/mol. The van der Waals surface area contributed by atoms with Gasteiger partial charge in [-0.15, -0.1) is 0 Å². The second-order valence-corrected chi connectivity index (χ2v) is 3.55. The summed E-state index contributed by atoms with van der Waals surface area (Å²) in [4.78, 5) is 0. The van der Waals surface area contributed by atoms with Crippen molar-refractivity contribution in [1.82, 2.24) is 0 Å². The van der Waals surface area contributed by atoms with E-state index in [4.69, 9.17) is 15.2 Å². The Kier molecular flexibility index (Phi) is 2.33. The minimum Gasteiger partial charge on any atom is -0.497 e. The number of hydrogen-bond donors (Lipinski definition) is 1. The van der Waals surface area contributed by atoms with Gasteiger partial charge in [0, 0.05) is 17.7 Å². The van der Waals surface area contributed by atoms with E-state index in [2.05, 4.69) is 0 Å². The molecule has 1 aliphatic carbocycles. The number of nitrogens with two attached hydrogens (primary N) is 1. The maximum absolute atomic E-state index is 5.99. The molecule has 2 rings (SSSR count). The van der Waals surface area contributed by atoms with Crippen LogP contribution in [0.3, 0.4) is 0 Å². The Balaban J connectivity index is 2.52. The normalized spacial score (nSPS) is 19.2. The third-order valence-electron chi connectivity index (χ3n) is 2.75. The lowest BCUT2D eigenvalue weighted by Crippen LogP contribution is -2.07. The number of rotatable bonds is 2. The molecule has 1 aliphatic rings. The van der Waals surface area contributed by atoms with Crippen LogP contribution in [0.5, 0.6) is 11.5 Å². The third kappa shape index (κ3) is 1.34. The molecule has 1 unspecified atom stereocenters. The highest BCUT2D eigenvalue weighted by Gasteiger charge is 2.24. The van der Waals surface area contributed by atoms with Gasteiger partial charge in [-0.1, -0.05) is 0 Å². The Labute approximate surface area is 83.8 Å². The van der Waals surface area contributed by atoms with Gasteiger partial charge >= 0.3 is 0 Å². The van der Waals surface area contributed by atoms with Crippen molar-refractivity contribution in [2.45, 2.75) is 18.9 Å². The molecule has 0 amide bonds. The predicted octanol–water partition coefficient (Wildman–Crippen LogP) is 1.65. The summed E-state index contributed by atoms with van der Waals surface area (Å²) in [5.74, 6) is 1.69. The third-order valence-corrected chi connectivity index (χ3v) is 2.75. The minimum atomic E-state index is 0.117. The van der Waals surface area contributed by atoms with E-state index >= 15 is 0 Å². The van der Waals surface area contributed by atoms with Crippen molar-refractivity contribution in [3.63, 3.8) is 0 Å². The van der Waals surface area contributed by atoms with Gasteiger partial charge in [-0.2, -0.15) is 0 Å². The zero-order valence-corrected chi connectivity index (χ0v) is 8.54. The summed E-state index contributed by atoms with van der Waals surface area (Å²) in [5.41, 5.74) is 8.40. The monoisotopic (exact) mass is 193 g/mol. The van der Waals surface area contributed by atoms with Crippen LogP contribution >= 0.6 is 0 Å². The molecule has 0 saturated carbocycles. The molecule has 0 fully saturated rings. The molecule has 76 valence electrons. The van der Waals surface area contributed by atoms with E-state index < -0.39 is 0 Å². The Bertz CT molecular complexity index is 349. The molecule has 0 bridgehead atoms. The fourth-order valence-electron chi connectivity index (χ4n) is 2.03. The van der Waals surface area contributed by atoms with Crippen molar-refractivity contribution in [3.8, 4) is 11.5 Å². The molecule has 0 aliphatic heterocycles. The van der Waals surface area contributed by atoms with Crippen LogP contribution in [0.4, 0.5) is 0 Å². The van der Waals surface area contributed by atoms with E-state index in [1.807, 2.05) is 12.1 Å². The number of aryl methyl sites for hydroxylation is 1. The summed E-state index contributed by atoms with van der Waals surface area (Å²) in [6, 6.07) is 4.06. The first-order valence-corrected chi connectivity index (χ1v) is 4.76. The fraction of sp³-hybridized carbons (Fsp3) is 0.455. The first-order chi connectivity index (χ1) is 6.76. The molecule has 1 atom stereocenters.